The largest absolute Gasteiger partial charge is 0.339 e. The summed E-state index contributed by atoms with van der Waals surface area (Å²) in [5, 5.41) is 0. The number of rotatable bonds is 4. The molecule has 0 aliphatic carbocycles. The minimum absolute atomic E-state index is 0.0152. The second-order valence-electron chi connectivity index (χ2n) is 7.17. The van der Waals surface area contributed by atoms with Crippen molar-refractivity contribution in [1.82, 2.24) is 4.90 Å². The smallest absolute Gasteiger partial charge is 0.253 e. The van der Waals surface area contributed by atoms with Gasteiger partial charge >= 0.3 is 0 Å². The van der Waals surface area contributed by atoms with E-state index in [4.69, 9.17) is 0 Å². The number of carbonyl (C=O) groups excluding carboxylic acids is 2. The molecule has 1 saturated heterocycles. The summed E-state index contributed by atoms with van der Waals surface area (Å²) in [5.41, 5.74) is 3.60. The first-order chi connectivity index (χ1) is 13.7. The van der Waals surface area contributed by atoms with Crippen molar-refractivity contribution in [2.24, 2.45) is 0 Å². The van der Waals surface area contributed by atoms with E-state index in [0.717, 1.165) is 37.1 Å². The summed E-state index contributed by atoms with van der Waals surface area (Å²) in [4.78, 5) is 28.1. The van der Waals surface area contributed by atoms with Gasteiger partial charge in [-0.3, -0.25) is 9.59 Å². The topological polar surface area (TPSA) is 37.4 Å². The maximum Gasteiger partial charge on any atom is 0.253 e. The van der Waals surface area contributed by atoms with Crippen LogP contribution in [0.5, 0.6) is 0 Å². The highest BCUT2D eigenvalue weighted by Crippen LogP contribution is 2.28. The van der Waals surface area contributed by atoms with Gasteiger partial charge in [0.1, 0.15) is 0 Å². The molecule has 1 heterocycles. The van der Waals surface area contributed by atoms with Gasteiger partial charge in [-0.05, 0) is 42.5 Å². The lowest BCUT2D eigenvalue weighted by Crippen LogP contribution is -2.35. The van der Waals surface area contributed by atoms with Gasteiger partial charge in [-0.15, -0.1) is 0 Å². The molecule has 3 nitrogen and oxygen atoms in total. The fourth-order valence-electron chi connectivity index (χ4n) is 3.76. The van der Waals surface area contributed by atoms with Gasteiger partial charge in [0.05, 0.1) is 0 Å². The third-order valence-electron chi connectivity index (χ3n) is 5.28. The van der Waals surface area contributed by atoms with E-state index in [1.165, 1.54) is 6.42 Å². The van der Waals surface area contributed by atoms with Gasteiger partial charge in [-0.1, -0.05) is 66.7 Å². The molecule has 0 aromatic heterocycles. The van der Waals surface area contributed by atoms with Gasteiger partial charge in [0.25, 0.3) is 5.91 Å². The maximum absolute atomic E-state index is 13.3. The van der Waals surface area contributed by atoms with Crippen LogP contribution in [0.1, 0.15) is 45.5 Å². The van der Waals surface area contributed by atoms with Crippen LogP contribution in [-0.2, 0) is 0 Å². The van der Waals surface area contributed by atoms with Crippen molar-refractivity contribution in [1.29, 1.82) is 0 Å². The molecule has 0 bridgehead atoms. The second kappa shape index (κ2) is 8.22. The Morgan fingerprint density at radius 2 is 1.32 bits per heavy atom. The predicted molar refractivity (Wildman–Crippen MR) is 112 cm³/mol. The SMILES string of the molecule is O=C(c1ccccc1)c1cc(C(=O)N2CCCCC2)ccc1-c1ccccc1. The number of piperidine rings is 1. The lowest BCUT2D eigenvalue weighted by Gasteiger charge is -2.27. The summed E-state index contributed by atoms with van der Waals surface area (Å²) >= 11 is 0. The Labute approximate surface area is 165 Å². The molecule has 1 fully saturated rings. The van der Waals surface area contributed by atoms with E-state index < -0.39 is 0 Å². The molecule has 0 unspecified atom stereocenters. The monoisotopic (exact) mass is 369 g/mol. The zero-order valence-corrected chi connectivity index (χ0v) is 15.8. The Kier molecular flexibility index (Phi) is 5.34. The summed E-state index contributed by atoms with van der Waals surface area (Å²) in [6, 6.07) is 24.6. The number of hydrogen-bond donors (Lipinski definition) is 0. The van der Waals surface area contributed by atoms with E-state index in [1.807, 2.05) is 77.7 Å². The molecule has 0 saturated carbocycles. The Balaban J connectivity index is 1.77. The highest BCUT2D eigenvalue weighted by atomic mass is 16.2. The zero-order chi connectivity index (χ0) is 19.3. The molecule has 3 aromatic carbocycles. The molecule has 0 atom stereocenters. The van der Waals surface area contributed by atoms with Gasteiger partial charge in [-0.25, -0.2) is 0 Å². The number of hydrogen-bond acceptors (Lipinski definition) is 2. The molecule has 140 valence electrons. The number of benzene rings is 3. The Hall–Kier alpha value is -3.20. The number of likely N-dealkylation sites (tertiary alicyclic amines) is 1. The molecule has 1 aliphatic rings. The number of nitrogens with zero attached hydrogens (tertiary/aromatic N) is 1. The molecule has 3 heteroatoms. The van der Waals surface area contributed by atoms with Crippen molar-refractivity contribution in [3.8, 4) is 11.1 Å². The van der Waals surface area contributed by atoms with Gasteiger partial charge < -0.3 is 4.90 Å². The molecule has 3 aromatic rings. The second-order valence-corrected chi connectivity index (χ2v) is 7.17. The van der Waals surface area contributed by atoms with Crippen LogP contribution in [0.4, 0.5) is 0 Å². The molecule has 28 heavy (non-hydrogen) atoms. The number of amides is 1. The van der Waals surface area contributed by atoms with Crippen molar-refractivity contribution >= 4 is 11.7 Å². The Morgan fingerprint density at radius 3 is 2.00 bits per heavy atom. The molecular weight excluding hydrogens is 346 g/mol. The Morgan fingerprint density at radius 1 is 0.679 bits per heavy atom. The van der Waals surface area contributed by atoms with Crippen LogP contribution in [0.3, 0.4) is 0 Å². The zero-order valence-electron chi connectivity index (χ0n) is 15.8. The highest BCUT2D eigenvalue weighted by molar-refractivity contribution is 6.14. The standard InChI is InChI=1S/C25H23NO2/c27-24(20-12-6-2-7-13-20)23-18-21(25(28)26-16-8-3-9-17-26)14-15-22(23)19-10-4-1-5-11-19/h1-2,4-7,10-15,18H,3,8-9,16-17H2. The van der Waals surface area contributed by atoms with Gasteiger partial charge in [0.15, 0.2) is 5.78 Å². The first-order valence-electron chi connectivity index (χ1n) is 9.82. The van der Waals surface area contributed by atoms with Crippen molar-refractivity contribution in [3.05, 3.63) is 95.6 Å². The summed E-state index contributed by atoms with van der Waals surface area (Å²) < 4.78 is 0. The first-order valence-corrected chi connectivity index (χ1v) is 9.82. The molecule has 4 rings (SSSR count). The summed E-state index contributed by atoms with van der Waals surface area (Å²) in [5.74, 6) is -0.0471. The molecule has 0 spiro atoms. The fourth-order valence-corrected chi connectivity index (χ4v) is 3.76. The van der Waals surface area contributed by atoms with E-state index in [-0.39, 0.29) is 11.7 Å². The van der Waals surface area contributed by atoms with Crippen molar-refractivity contribution in [2.75, 3.05) is 13.1 Å². The van der Waals surface area contributed by atoms with Crippen LogP contribution in [0, 0.1) is 0 Å². The van der Waals surface area contributed by atoms with Crippen LogP contribution in [0.25, 0.3) is 11.1 Å². The molecule has 1 aliphatic heterocycles. The summed E-state index contributed by atoms with van der Waals surface area (Å²) in [6.45, 7) is 1.59. The van der Waals surface area contributed by atoms with Gasteiger partial charge in [0.2, 0.25) is 0 Å². The van der Waals surface area contributed by atoms with Gasteiger partial charge in [0, 0.05) is 29.8 Å². The third kappa shape index (κ3) is 3.74. The average molecular weight is 369 g/mol. The van der Waals surface area contributed by atoms with Crippen molar-refractivity contribution in [3.63, 3.8) is 0 Å². The van der Waals surface area contributed by atoms with Crippen LogP contribution < -0.4 is 0 Å². The van der Waals surface area contributed by atoms with E-state index in [0.29, 0.717) is 16.7 Å². The predicted octanol–water partition coefficient (Wildman–Crippen LogP) is 5.21. The average Bonchev–Trinajstić information content (AvgIpc) is 2.79. The molecule has 1 amide bonds. The normalized spacial score (nSPS) is 13.9. The van der Waals surface area contributed by atoms with E-state index in [1.54, 1.807) is 6.07 Å². The molecule has 0 N–H and O–H groups in total. The molecule has 0 radical (unpaired) electrons. The van der Waals surface area contributed by atoms with Gasteiger partial charge in [-0.2, -0.15) is 0 Å². The molecular formula is C25H23NO2. The van der Waals surface area contributed by atoms with Crippen LogP contribution in [-0.4, -0.2) is 29.7 Å². The quantitative estimate of drug-likeness (QED) is 0.592. The van der Waals surface area contributed by atoms with Crippen molar-refractivity contribution in [2.45, 2.75) is 19.3 Å². The number of carbonyl (C=O) groups is 2. The highest BCUT2D eigenvalue weighted by Gasteiger charge is 2.21. The van der Waals surface area contributed by atoms with Crippen LogP contribution in [0.15, 0.2) is 78.9 Å². The minimum Gasteiger partial charge on any atom is -0.339 e. The van der Waals surface area contributed by atoms with E-state index >= 15 is 0 Å². The lowest BCUT2D eigenvalue weighted by atomic mass is 9.92. The minimum atomic E-state index is -0.0623. The summed E-state index contributed by atoms with van der Waals surface area (Å²) in [7, 11) is 0. The van der Waals surface area contributed by atoms with E-state index in [9.17, 15) is 9.59 Å². The third-order valence-corrected chi connectivity index (χ3v) is 5.28. The van der Waals surface area contributed by atoms with Crippen LogP contribution >= 0.6 is 0 Å². The van der Waals surface area contributed by atoms with Crippen molar-refractivity contribution < 1.29 is 9.59 Å². The number of ketones is 1. The van der Waals surface area contributed by atoms with E-state index in [2.05, 4.69) is 0 Å². The fraction of sp³-hybridized carbons (Fsp3) is 0.200. The first kappa shape index (κ1) is 18.2. The summed E-state index contributed by atoms with van der Waals surface area (Å²) in [6.07, 6.45) is 3.27. The Bertz CT molecular complexity index is 974. The van der Waals surface area contributed by atoms with Crippen LogP contribution in [0.2, 0.25) is 0 Å². The maximum atomic E-state index is 13.3. The lowest BCUT2D eigenvalue weighted by molar-refractivity contribution is 0.0724.